The Labute approximate surface area is 140 Å². The van der Waals surface area contributed by atoms with E-state index in [2.05, 4.69) is 31.9 Å². The van der Waals surface area contributed by atoms with E-state index in [1.807, 2.05) is 30.3 Å². The summed E-state index contributed by atoms with van der Waals surface area (Å²) in [7, 11) is 1.62. The minimum Gasteiger partial charge on any atom is -0.496 e. The Balaban J connectivity index is 2.24. The minimum atomic E-state index is -0.635. The lowest BCUT2D eigenvalue weighted by molar-refractivity contribution is 0.177. The normalized spacial score (nSPS) is 12.2. The van der Waals surface area contributed by atoms with E-state index >= 15 is 0 Å². The lowest BCUT2D eigenvalue weighted by Gasteiger charge is -2.15. The van der Waals surface area contributed by atoms with Gasteiger partial charge in [-0.2, -0.15) is 0 Å². The molecule has 0 radical (unpaired) electrons. The van der Waals surface area contributed by atoms with Crippen LogP contribution in [0.15, 0.2) is 45.3 Å². The molecule has 0 bridgehead atoms. The molecule has 0 saturated heterocycles. The fourth-order valence-electron chi connectivity index (χ4n) is 1.95. The number of rotatable bonds is 4. The molecule has 0 saturated carbocycles. The summed E-state index contributed by atoms with van der Waals surface area (Å²) in [4.78, 5) is 0. The van der Waals surface area contributed by atoms with Gasteiger partial charge in [-0.3, -0.25) is 0 Å². The monoisotopic (exact) mass is 418 g/mol. The van der Waals surface area contributed by atoms with Gasteiger partial charge in [0.15, 0.2) is 0 Å². The first-order chi connectivity index (χ1) is 9.51. The quantitative estimate of drug-likeness (QED) is 0.741. The summed E-state index contributed by atoms with van der Waals surface area (Å²) < 4.78 is 7.08. The molecule has 106 valence electrons. The SMILES string of the molecule is COc1ccc(Br)cc1CC(O)c1ccc(Br)c(Cl)c1. The van der Waals surface area contributed by atoms with Crippen LogP contribution in [0.2, 0.25) is 5.02 Å². The number of ether oxygens (including phenoxy) is 1. The van der Waals surface area contributed by atoms with Crippen molar-refractivity contribution in [3.8, 4) is 5.75 Å². The van der Waals surface area contributed by atoms with Crippen molar-refractivity contribution in [1.82, 2.24) is 0 Å². The van der Waals surface area contributed by atoms with Crippen LogP contribution in [0.5, 0.6) is 5.75 Å². The maximum Gasteiger partial charge on any atom is 0.122 e. The van der Waals surface area contributed by atoms with Crippen LogP contribution in [-0.2, 0) is 6.42 Å². The standard InChI is InChI=1S/C15H13Br2ClO2/c1-20-15-5-3-11(16)6-10(15)8-14(19)9-2-4-12(17)13(18)7-9/h2-7,14,19H,8H2,1H3. The van der Waals surface area contributed by atoms with Gasteiger partial charge in [-0.15, -0.1) is 0 Å². The van der Waals surface area contributed by atoms with E-state index in [1.54, 1.807) is 13.2 Å². The summed E-state index contributed by atoms with van der Waals surface area (Å²) in [6, 6.07) is 11.2. The van der Waals surface area contributed by atoms with Crippen molar-refractivity contribution < 1.29 is 9.84 Å². The summed E-state index contributed by atoms with van der Waals surface area (Å²) in [5.41, 5.74) is 1.72. The zero-order valence-corrected chi connectivity index (χ0v) is 14.7. The zero-order valence-electron chi connectivity index (χ0n) is 10.7. The fraction of sp³-hybridized carbons (Fsp3) is 0.200. The second kappa shape index (κ2) is 6.94. The van der Waals surface area contributed by atoms with Gasteiger partial charge in [0.1, 0.15) is 5.75 Å². The number of aliphatic hydroxyl groups excluding tert-OH is 1. The Hall–Kier alpha value is -0.550. The summed E-state index contributed by atoms with van der Waals surface area (Å²) in [5, 5.41) is 10.9. The Morgan fingerprint density at radius 3 is 2.60 bits per heavy atom. The number of benzene rings is 2. The van der Waals surface area contributed by atoms with E-state index in [0.29, 0.717) is 11.4 Å². The van der Waals surface area contributed by atoms with Crippen molar-refractivity contribution in [2.75, 3.05) is 7.11 Å². The Morgan fingerprint density at radius 2 is 1.95 bits per heavy atom. The van der Waals surface area contributed by atoms with Crippen molar-refractivity contribution in [3.63, 3.8) is 0 Å². The number of aliphatic hydroxyl groups is 1. The van der Waals surface area contributed by atoms with Crippen molar-refractivity contribution in [3.05, 3.63) is 61.5 Å². The van der Waals surface area contributed by atoms with Gasteiger partial charge in [-0.05, 0) is 57.4 Å². The van der Waals surface area contributed by atoms with Crippen molar-refractivity contribution in [2.45, 2.75) is 12.5 Å². The zero-order chi connectivity index (χ0) is 14.7. The Kier molecular flexibility index (Phi) is 5.49. The van der Waals surface area contributed by atoms with Crippen molar-refractivity contribution >= 4 is 43.5 Å². The first-order valence-corrected chi connectivity index (χ1v) is 7.93. The molecular formula is C15H13Br2ClO2. The van der Waals surface area contributed by atoms with Crippen LogP contribution in [0, 0.1) is 0 Å². The van der Waals surface area contributed by atoms with E-state index in [1.165, 1.54) is 0 Å². The molecule has 0 amide bonds. The lowest BCUT2D eigenvalue weighted by atomic mass is 10.0. The van der Waals surface area contributed by atoms with E-state index in [0.717, 1.165) is 25.8 Å². The van der Waals surface area contributed by atoms with Gasteiger partial charge >= 0.3 is 0 Å². The van der Waals surface area contributed by atoms with Crippen LogP contribution in [-0.4, -0.2) is 12.2 Å². The molecule has 0 spiro atoms. The highest BCUT2D eigenvalue weighted by Crippen LogP contribution is 2.30. The van der Waals surface area contributed by atoms with Crippen molar-refractivity contribution in [1.29, 1.82) is 0 Å². The molecule has 1 atom stereocenters. The molecule has 1 unspecified atom stereocenters. The second-order valence-electron chi connectivity index (χ2n) is 4.35. The van der Waals surface area contributed by atoms with Crippen LogP contribution < -0.4 is 4.74 Å². The highest BCUT2D eigenvalue weighted by atomic mass is 79.9. The molecule has 0 aliphatic carbocycles. The van der Waals surface area contributed by atoms with Crippen LogP contribution >= 0.6 is 43.5 Å². The van der Waals surface area contributed by atoms with E-state index < -0.39 is 6.10 Å². The van der Waals surface area contributed by atoms with E-state index in [9.17, 15) is 5.11 Å². The number of halogens is 3. The molecule has 0 heterocycles. The van der Waals surface area contributed by atoms with Gasteiger partial charge in [0, 0.05) is 15.4 Å². The third-order valence-corrected chi connectivity index (χ3v) is 4.71. The van der Waals surface area contributed by atoms with Crippen LogP contribution in [0.1, 0.15) is 17.2 Å². The predicted octanol–water partition coefficient (Wildman–Crippen LogP) is 5.15. The molecule has 0 fully saturated rings. The maximum absolute atomic E-state index is 10.4. The smallest absolute Gasteiger partial charge is 0.122 e. The number of hydrogen-bond donors (Lipinski definition) is 1. The van der Waals surface area contributed by atoms with E-state index in [4.69, 9.17) is 16.3 Å². The van der Waals surface area contributed by atoms with Gasteiger partial charge in [0.2, 0.25) is 0 Å². The Bertz CT molecular complexity index is 617. The molecule has 2 rings (SSSR count). The topological polar surface area (TPSA) is 29.5 Å². The molecular weight excluding hydrogens is 407 g/mol. The summed E-state index contributed by atoms with van der Waals surface area (Å²) in [5.74, 6) is 0.760. The third kappa shape index (κ3) is 3.76. The van der Waals surface area contributed by atoms with Crippen LogP contribution in [0.4, 0.5) is 0 Å². The first-order valence-electron chi connectivity index (χ1n) is 5.96. The minimum absolute atomic E-state index is 0.459. The largest absolute Gasteiger partial charge is 0.496 e. The molecule has 2 aromatic carbocycles. The Morgan fingerprint density at radius 1 is 1.20 bits per heavy atom. The molecule has 2 nitrogen and oxygen atoms in total. The first kappa shape index (κ1) is 15.8. The second-order valence-corrected chi connectivity index (χ2v) is 6.53. The molecule has 0 aromatic heterocycles. The lowest BCUT2D eigenvalue weighted by Crippen LogP contribution is -2.03. The molecule has 0 aliphatic rings. The highest BCUT2D eigenvalue weighted by Gasteiger charge is 2.13. The summed E-state index contributed by atoms with van der Waals surface area (Å²) in [6.45, 7) is 0. The maximum atomic E-state index is 10.4. The number of methoxy groups -OCH3 is 1. The summed E-state index contributed by atoms with van der Waals surface area (Å²) >= 11 is 12.8. The molecule has 2 aromatic rings. The van der Waals surface area contributed by atoms with Gasteiger partial charge in [-0.25, -0.2) is 0 Å². The van der Waals surface area contributed by atoms with Crippen LogP contribution in [0.25, 0.3) is 0 Å². The molecule has 1 N–H and O–H groups in total. The van der Waals surface area contributed by atoms with E-state index in [-0.39, 0.29) is 0 Å². The molecule has 20 heavy (non-hydrogen) atoms. The van der Waals surface area contributed by atoms with Gasteiger partial charge < -0.3 is 9.84 Å². The number of hydrogen-bond acceptors (Lipinski definition) is 2. The van der Waals surface area contributed by atoms with Crippen LogP contribution in [0.3, 0.4) is 0 Å². The summed E-state index contributed by atoms with van der Waals surface area (Å²) in [6.07, 6.45) is -0.176. The fourth-order valence-corrected chi connectivity index (χ4v) is 2.80. The van der Waals surface area contributed by atoms with Crippen molar-refractivity contribution in [2.24, 2.45) is 0 Å². The molecule has 0 aliphatic heterocycles. The highest BCUT2D eigenvalue weighted by molar-refractivity contribution is 9.10. The third-order valence-electron chi connectivity index (χ3n) is 2.98. The average Bonchev–Trinajstić information content (AvgIpc) is 2.42. The molecule has 5 heteroatoms. The van der Waals surface area contributed by atoms with Gasteiger partial charge in [-0.1, -0.05) is 33.6 Å². The average molecular weight is 421 g/mol. The van der Waals surface area contributed by atoms with Gasteiger partial charge in [0.05, 0.1) is 18.2 Å². The predicted molar refractivity (Wildman–Crippen MR) is 88.5 cm³/mol. The van der Waals surface area contributed by atoms with Gasteiger partial charge in [0.25, 0.3) is 0 Å².